The first-order valence-electron chi connectivity index (χ1n) is 16.5. The van der Waals surface area contributed by atoms with Crippen LogP contribution in [0.5, 0.6) is 11.5 Å². The number of nitrogens with one attached hydrogen (secondary N) is 2. The van der Waals surface area contributed by atoms with Crippen molar-refractivity contribution in [2.75, 3.05) is 28.3 Å². The second-order valence-electron chi connectivity index (χ2n) is 12.6. The van der Waals surface area contributed by atoms with Crippen molar-refractivity contribution in [3.8, 4) is 11.5 Å². The number of benzene rings is 2. The van der Waals surface area contributed by atoms with Gasteiger partial charge in [-0.1, -0.05) is 36.9 Å². The fraction of sp³-hybridized carbons (Fsp3) is 0.471. The second kappa shape index (κ2) is 16.1. The predicted molar refractivity (Wildman–Crippen MR) is 186 cm³/mol. The van der Waals surface area contributed by atoms with Crippen LogP contribution in [-0.4, -0.2) is 75.9 Å². The van der Waals surface area contributed by atoms with Crippen LogP contribution < -0.4 is 15.5 Å². The van der Waals surface area contributed by atoms with Crippen LogP contribution in [0.15, 0.2) is 57.9 Å². The van der Waals surface area contributed by atoms with E-state index in [4.69, 9.17) is 4.52 Å². The highest BCUT2D eigenvalue weighted by molar-refractivity contribution is 8.00. The van der Waals surface area contributed by atoms with Crippen LogP contribution in [0.1, 0.15) is 75.7 Å². The molecule has 2 aromatic carbocycles. The minimum Gasteiger partial charge on any atom is -0.504 e. The molecule has 0 unspecified atom stereocenters. The summed E-state index contributed by atoms with van der Waals surface area (Å²) in [6.07, 6.45) is 7.04. The molecule has 2 fully saturated rings. The number of aryl methyl sites for hydroxylation is 1. The number of carbonyl (C=O) groups excluding carboxylic acids is 3. The molecule has 264 valence electrons. The van der Waals surface area contributed by atoms with Crippen molar-refractivity contribution in [3.05, 3.63) is 59.9 Å². The van der Waals surface area contributed by atoms with Crippen molar-refractivity contribution in [1.29, 1.82) is 0 Å². The van der Waals surface area contributed by atoms with Gasteiger partial charge in [0, 0.05) is 30.4 Å². The van der Waals surface area contributed by atoms with Crippen LogP contribution >= 0.6 is 11.8 Å². The number of aromatic hydroxyl groups is 2. The SMILES string of the molecule is Cc1cc(NC(=O)CSCC(=O)N(c2ccc(S(=O)(=O)N3CCCC[C@@H]3C)cc2)[C@@H](C(=O)NC2CCCCC2)c2ccc(O)c(O)c2)no1. The van der Waals surface area contributed by atoms with E-state index in [0.717, 1.165) is 63.1 Å². The number of phenols is 2. The normalized spacial score (nSPS) is 18.0. The minimum absolute atomic E-state index is 0.0667. The van der Waals surface area contributed by atoms with E-state index in [1.54, 1.807) is 13.0 Å². The van der Waals surface area contributed by atoms with Crippen LogP contribution in [0.4, 0.5) is 11.5 Å². The van der Waals surface area contributed by atoms with E-state index in [1.165, 1.54) is 51.7 Å². The quantitative estimate of drug-likeness (QED) is 0.189. The number of carbonyl (C=O) groups is 3. The first-order valence-corrected chi connectivity index (χ1v) is 19.1. The summed E-state index contributed by atoms with van der Waals surface area (Å²) < 4.78 is 33.6. The van der Waals surface area contributed by atoms with Crippen molar-refractivity contribution in [3.63, 3.8) is 0 Å². The van der Waals surface area contributed by atoms with Gasteiger partial charge >= 0.3 is 0 Å². The lowest BCUT2D eigenvalue weighted by molar-refractivity contribution is -0.126. The van der Waals surface area contributed by atoms with E-state index in [0.29, 0.717) is 12.3 Å². The number of hydrogen-bond donors (Lipinski definition) is 4. The van der Waals surface area contributed by atoms with E-state index >= 15 is 0 Å². The molecule has 3 amide bonds. The van der Waals surface area contributed by atoms with Crippen LogP contribution in [0.3, 0.4) is 0 Å². The summed E-state index contributed by atoms with van der Waals surface area (Å²) in [5, 5.41) is 29.9. The summed E-state index contributed by atoms with van der Waals surface area (Å²) in [5.74, 6) is -1.84. The monoisotopic (exact) mass is 713 g/mol. The van der Waals surface area contributed by atoms with E-state index < -0.39 is 45.3 Å². The van der Waals surface area contributed by atoms with Gasteiger partial charge in [-0.15, -0.1) is 11.8 Å². The standard InChI is InChI=1S/C34H43N5O8S2/c1-22-8-6-7-17-38(22)49(45,46)27-14-12-26(13-15-27)39(32(43)21-48-20-31(42)36-30-18-23(2)47-37-30)33(24-11-16-28(40)29(41)19-24)34(44)35-25-9-4-3-5-10-25/h11-16,18-19,22,25,33,40-41H,3-10,17,20-21H2,1-2H3,(H,35,44)(H,36,37,42)/t22-,33+/m0/s1. The fourth-order valence-corrected chi connectivity index (χ4v) is 8.71. The van der Waals surface area contributed by atoms with Gasteiger partial charge in [0.25, 0.3) is 0 Å². The first-order chi connectivity index (χ1) is 23.4. The fourth-order valence-electron chi connectivity index (χ4n) is 6.34. The summed E-state index contributed by atoms with van der Waals surface area (Å²) in [6.45, 7) is 4.00. The van der Waals surface area contributed by atoms with Gasteiger partial charge in [-0.25, -0.2) is 8.42 Å². The van der Waals surface area contributed by atoms with Crippen molar-refractivity contribution >= 4 is 51.0 Å². The molecule has 2 aliphatic rings. The maximum Gasteiger partial charge on any atom is 0.248 e. The van der Waals surface area contributed by atoms with Crippen LogP contribution in [0.2, 0.25) is 0 Å². The summed E-state index contributed by atoms with van der Waals surface area (Å²) >= 11 is 1.03. The number of rotatable bonds is 12. The molecule has 3 aromatic rings. The highest BCUT2D eigenvalue weighted by Crippen LogP contribution is 2.35. The topological polar surface area (TPSA) is 182 Å². The molecule has 2 atom stereocenters. The zero-order chi connectivity index (χ0) is 35.1. The molecule has 0 radical (unpaired) electrons. The van der Waals surface area contributed by atoms with E-state index in [2.05, 4.69) is 15.8 Å². The smallest absolute Gasteiger partial charge is 0.248 e. The van der Waals surface area contributed by atoms with Crippen LogP contribution in [-0.2, 0) is 24.4 Å². The summed E-state index contributed by atoms with van der Waals surface area (Å²) in [4.78, 5) is 42.2. The van der Waals surface area contributed by atoms with Gasteiger partial charge in [-0.3, -0.25) is 19.3 Å². The third-order valence-corrected chi connectivity index (χ3v) is 11.8. The van der Waals surface area contributed by atoms with Gasteiger partial charge in [0.2, 0.25) is 27.7 Å². The van der Waals surface area contributed by atoms with Crippen molar-refractivity contribution in [2.24, 2.45) is 0 Å². The highest BCUT2D eigenvalue weighted by Gasteiger charge is 2.36. The second-order valence-corrected chi connectivity index (χ2v) is 15.5. The minimum atomic E-state index is -3.81. The Morgan fingerprint density at radius 2 is 1.69 bits per heavy atom. The molecule has 2 heterocycles. The molecule has 15 heteroatoms. The molecular weight excluding hydrogens is 671 g/mol. The predicted octanol–water partition coefficient (Wildman–Crippen LogP) is 4.85. The number of sulfonamides is 1. The molecule has 5 rings (SSSR count). The Bertz CT molecular complexity index is 1740. The molecule has 1 aliphatic heterocycles. The zero-order valence-electron chi connectivity index (χ0n) is 27.6. The Morgan fingerprint density at radius 1 is 0.980 bits per heavy atom. The molecule has 0 bridgehead atoms. The summed E-state index contributed by atoms with van der Waals surface area (Å²) in [6, 6.07) is 9.79. The highest BCUT2D eigenvalue weighted by atomic mass is 32.2. The number of anilines is 2. The van der Waals surface area contributed by atoms with Gasteiger partial charge in [0.15, 0.2) is 17.3 Å². The largest absolute Gasteiger partial charge is 0.504 e. The number of aromatic nitrogens is 1. The van der Waals surface area contributed by atoms with Crippen LogP contribution in [0.25, 0.3) is 0 Å². The molecule has 1 aliphatic carbocycles. The van der Waals surface area contributed by atoms with Gasteiger partial charge in [-0.2, -0.15) is 4.31 Å². The van der Waals surface area contributed by atoms with Crippen molar-refractivity contribution in [2.45, 2.75) is 88.2 Å². The Morgan fingerprint density at radius 3 is 2.35 bits per heavy atom. The van der Waals surface area contributed by atoms with Crippen molar-refractivity contribution in [1.82, 2.24) is 14.8 Å². The number of phenolic OH excluding ortho intramolecular Hbond substituents is 2. The number of amides is 3. The number of nitrogens with zero attached hydrogens (tertiary/aromatic N) is 3. The van der Waals surface area contributed by atoms with E-state index in [9.17, 15) is 33.0 Å². The molecule has 1 saturated carbocycles. The lowest BCUT2D eigenvalue weighted by atomic mass is 9.94. The Hall–Kier alpha value is -4.08. The molecule has 13 nitrogen and oxygen atoms in total. The average molecular weight is 714 g/mol. The van der Waals surface area contributed by atoms with Crippen molar-refractivity contribution < 1.29 is 37.5 Å². The molecule has 1 saturated heterocycles. The third-order valence-electron chi connectivity index (χ3n) is 8.86. The summed E-state index contributed by atoms with van der Waals surface area (Å²) in [7, 11) is -3.81. The maximum atomic E-state index is 14.1. The Balaban J connectivity index is 1.46. The number of hydrogen-bond acceptors (Lipinski definition) is 10. The van der Waals surface area contributed by atoms with Gasteiger partial charge in [0.1, 0.15) is 11.8 Å². The van der Waals surface area contributed by atoms with Gasteiger partial charge in [0.05, 0.1) is 16.4 Å². The number of piperidine rings is 1. The maximum absolute atomic E-state index is 14.1. The third kappa shape index (κ3) is 8.94. The Kier molecular flexibility index (Phi) is 11.9. The lowest BCUT2D eigenvalue weighted by Gasteiger charge is -2.34. The summed E-state index contributed by atoms with van der Waals surface area (Å²) in [5.41, 5.74) is 0.482. The first kappa shape index (κ1) is 36.2. The van der Waals surface area contributed by atoms with Crippen LogP contribution in [0, 0.1) is 6.92 Å². The zero-order valence-corrected chi connectivity index (χ0v) is 29.3. The number of thioether (sulfide) groups is 1. The molecule has 1 aromatic heterocycles. The average Bonchev–Trinajstić information content (AvgIpc) is 3.49. The molecule has 4 N–H and O–H groups in total. The van der Waals surface area contributed by atoms with Gasteiger partial charge in [-0.05, 0) is 81.5 Å². The van der Waals surface area contributed by atoms with E-state index in [1.807, 2.05) is 6.92 Å². The Labute approximate surface area is 290 Å². The van der Waals surface area contributed by atoms with E-state index in [-0.39, 0.29) is 45.6 Å². The molecule has 49 heavy (non-hydrogen) atoms. The lowest BCUT2D eigenvalue weighted by Crippen LogP contribution is -2.48. The van der Waals surface area contributed by atoms with Gasteiger partial charge < -0.3 is 25.4 Å². The molecule has 0 spiro atoms. The molecular formula is C34H43N5O8S2.